The fraction of sp³-hybridized carbons (Fsp3) is 0.235. The zero-order valence-electron chi connectivity index (χ0n) is 14.7. The zero-order valence-corrected chi connectivity index (χ0v) is 16.3. The summed E-state index contributed by atoms with van der Waals surface area (Å²) in [6, 6.07) is 4.58. The number of hydrazine groups is 1. The Balaban J connectivity index is 1.87. The minimum Gasteiger partial charge on any atom is -0.461 e. The number of carbonyl (C=O) groups is 1. The van der Waals surface area contributed by atoms with Crippen molar-refractivity contribution < 1.29 is 22.3 Å². The van der Waals surface area contributed by atoms with Crippen LogP contribution in [0.2, 0.25) is 0 Å². The number of hydrogen-bond donors (Lipinski definition) is 2. The first-order valence-corrected chi connectivity index (χ1v) is 10.6. The summed E-state index contributed by atoms with van der Waals surface area (Å²) in [5.74, 6) is -1.57. The molecule has 0 fully saturated rings. The monoisotopic (exact) mass is 411 g/mol. The fourth-order valence-corrected chi connectivity index (χ4v) is 4.41. The van der Waals surface area contributed by atoms with E-state index in [2.05, 4.69) is 10.1 Å². The first-order chi connectivity index (χ1) is 12.8. The highest BCUT2D eigenvalue weighted by molar-refractivity contribution is 8.01. The molecule has 1 aromatic rings. The summed E-state index contributed by atoms with van der Waals surface area (Å²) in [5, 5.41) is 1.41. The van der Waals surface area contributed by atoms with Gasteiger partial charge in [-0.2, -0.15) is 0 Å². The second-order valence-electron chi connectivity index (χ2n) is 5.69. The molecule has 0 aromatic heterocycles. The molecule has 3 rings (SSSR count). The molecule has 2 aliphatic heterocycles. The number of halogens is 1. The molecule has 144 valence electrons. The number of benzene rings is 1. The van der Waals surface area contributed by atoms with E-state index in [-0.39, 0.29) is 17.2 Å². The number of rotatable bonds is 6. The molecular formula is C17H18FN3O4S2. The zero-order chi connectivity index (χ0) is 19.6. The lowest BCUT2D eigenvalue weighted by atomic mass is 10.2. The minimum absolute atomic E-state index is 0.0181. The molecule has 0 saturated heterocycles. The predicted molar refractivity (Wildman–Crippen MR) is 99.7 cm³/mol. The SMILES string of the molecule is CCOC(=O)C1=CC=C2SNC(C)=C2N1NCS(=O)(=O)c1ccc(F)cc1. The summed E-state index contributed by atoms with van der Waals surface area (Å²) < 4.78 is 46.3. The molecule has 27 heavy (non-hydrogen) atoms. The van der Waals surface area contributed by atoms with E-state index in [0.29, 0.717) is 5.70 Å². The van der Waals surface area contributed by atoms with Crippen LogP contribution in [-0.2, 0) is 19.4 Å². The second-order valence-corrected chi connectivity index (χ2v) is 8.53. The Morgan fingerprint density at radius 3 is 2.67 bits per heavy atom. The third kappa shape index (κ3) is 4.02. The van der Waals surface area contributed by atoms with Gasteiger partial charge in [-0.1, -0.05) is 0 Å². The molecule has 0 amide bonds. The molecule has 0 saturated carbocycles. The van der Waals surface area contributed by atoms with Gasteiger partial charge in [0, 0.05) is 5.70 Å². The lowest BCUT2D eigenvalue weighted by molar-refractivity contribution is -0.140. The highest BCUT2D eigenvalue weighted by atomic mass is 32.2. The number of fused-ring (bicyclic) bond motifs is 1. The van der Waals surface area contributed by atoms with Crippen molar-refractivity contribution in [3.63, 3.8) is 0 Å². The van der Waals surface area contributed by atoms with E-state index in [1.807, 2.05) is 6.92 Å². The number of hydrogen-bond acceptors (Lipinski definition) is 8. The van der Waals surface area contributed by atoms with E-state index in [0.717, 1.165) is 22.7 Å². The molecule has 1 aromatic carbocycles. The van der Waals surface area contributed by atoms with Gasteiger partial charge in [0.2, 0.25) is 0 Å². The lowest BCUT2D eigenvalue weighted by Gasteiger charge is -2.30. The summed E-state index contributed by atoms with van der Waals surface area (Å²) in [6.45, 7) is 3.71. The number of allylic oxidation sites excluding steroid dienone is 3. The van der Waals surface area contributed by atoms with Crippen molar-refractivity contribution in [2.24, 2.45) is 0 Å². The van der Waals surface area contributed by atoms with Crippen molar-refractivity contribution in [3.8, 4) is 0 Å². The van der Waals surface area contributed by atoms with Gasteiger partial charge in [-0.3, -0.25) is 5.01 Å². The number of ether oxygens (including phenoxy) is 1. The van der Waals surface area contributed by atoms with Crippen molar-refractivity contribution >= 4 is 27.8 Å². The van der Waals surface area contributed by atoms with Gasteiger partial charge in [-0.15, -0.1) is 0 Å². The Morgan fingerprint density at radius 1 is 1.30 bits per heavy atom. The summed E-state index contributed by atoms with van der Waals surface area (Å²) >= 11 is 1.36. The second kappa shape index (κ2) is 7.75. The molecule has 7 nitrogen and oxygen atoms in total. The molecule has 0 atom stereocenters. The van der Waals surface area contributed by atoms with E-state index < -0.39 is 27.5 Å². The van der Waals surface area contributed by atoms with Gasteiger partial charge in [-0.25, -0.2) is 23.0 Å². The van der Waals surface area contributed by atoms with E-state index in [1.165, 1.54) is 29.1 Å². The highest BCUT2D eigenvalue weighted by Gasteiger charge is 2.33. The average Bonchev–Trinajstić information content (AvgIpc) is 3.01. The normalized spacial score (nSPS) is 16.5. The van der Waals surface area contributed by atoms with Gasteiger partial charge < -0.3 is 9.46 Å². The third-order valence-electron chi connectivity index (χ3n) is 3.83. The van der Waals surface area contributed by atoms with Crippen molar-refractivity contribution in [1.29, 1.82) is 0 Å². The van der Waals surface area contributed by atoms with Crippen LogP contribution in [-0.4, -0.2) is 31.9 Å². The van der Waals surface area contributed by atoms with Crippen molar-refractivity contribution in [2.75, 3.05) is 12.5 Å². The van der Waals surface area contributed by atoms with Crippen LogP contribution >= 0.6 is 11.9 Å². The van der Waals surface area contributed by atoms with Crippen molar-refractivity contribution in [2.45, 2.75) is 18.7 Å². The van der Waals surface area contributed by atoms with Crippen LogP contribution in [0, 0.1) is 5.82 Å². The molecule has 0 unspecified atom stereocenters. The average molecular weight is 411 g/mol. The fourth-order valence-electron chi connectivity index (χ4n) is 2.56. The van der Waals surface area contributed by atoms with Gasteiger partial charge in [0.1, 0.15) is 17.4 Å². The maximum atomic E-state index is 13.1. The Kier molecular flexibility index (Phi) is 5.59. The first-order valence-electron chi connectivity index (χ1n) is 8.08. The van der Waals surface area contributed by atoms with Crippen LogP contribution in [0.3, 0.4) is 0 Å². The lowest BCUT2D eigenvalue weighted by Crippen LogP contribution is -2.43. The van der Waals surface area contributed by atoms with Gasteiger partial charge >= 0.3 is 5.97 Å². The van der Waals surface area contributed by atoms with Crippen LogP contribution in [0.4, 0.5) is 4.39 Å². The summed E-state index contributed by atoms with van der Waals surface area (Å²) in [4.78, 5) is 13.1. The maximum absolute atomic E-state index is 13.1. The molecule has 0 spiro atoms. The predicted octanol–water partition coefficient (Wildman–Crippen LogP) is 2.19. The maximum Gasteiger partial charge on any atom is 0.356 e. The quantitative estimate of drug-likeness (QED) is 0.419. The van der Waals surface area contributed by atoms with Gasteiger partial charge in [0.15, 0.2) is 9.84 Å². The molecule has 0 bridgehead atoms. The molecule has 2 N–H and O–H groups in total. The van der Waals surface area contributed by atoms with Crippen molar-refractivity contribution in [3.05, 3.63) is 64.2 Å². The summed E-state index contributed by atoms with van der Waals surface area (Å²) in [6.07, 6.45) is 3.34. The van der Waals surface area contributed by atoms with E-state index in [9.17, 15) is 17.6 Å². The smallest absolute Gasteiger partial charge is 0.356 e. The molecular weight excluding hydrogens is 393 g/mol. The largest absolute Gasteiger partial charge is 0.461 e. The molecule has 0 aliphatic carbocycles. The Labute approximate surface area is 161 Å². The van der Waals surface area contributed by atoms with Gasteiger partial charge in [0.25, 0.3) is 0 Å². The van der Waals surface area contributed by atoms with Gasteiger partial charge in [0.05, 0.1) is 22.1 Å². The van der Waals surface area contributed by atoms with Gasteiger partial charge in [-0.05, 0) is 62.2 Å². The Morgan fingerprint density at radius 2 is 2.00 bits per heavy atom. The standard InChI is InChI=1S/C17H18FN3O4S2/c1-3-25-17(22)14-8-9-15-16(11(2)20-26-15)21(14)19-10-27(23,24)13-6-4-12(18)5-7-13/h4-9,19-20H,3,10H2,1-2H3. The van der Waals surface area contributed by atoms with E-state index in [1.54, 1.807) is 19.1 Å². The Hall–Kier alpha value is -2.30. The molecule has 2 aliphatic rings. The molecule has 0 radical (unpaired) electrons. The van der Waals surface area contributed by atoms with Crippen LogP contribution in [0.25, 0.3) is 0 Å². The summed E-state index contributed by atoms with van der Waals surface area (Å²) in [7, 11) is -3.75. The van der Waals surface area contributed by atoms with Crippen molar-refractivity contribution in [1.82, 2.24) is 15.2 Å². The van der Waals surface area contributed by atoms with E-state index >= 15 is 0 Å². The number of carbonyl (C=O) groups excluding carboxylic acids is 1. The first kappa shape index (κ1) is 19.5. The van der Waals surface area contributed by atoms with E-state index in [4.69, 9.17) is 4.74 Å². The minimum atomic E-state index is -3.75. The molecule has 2 heterocycles. The van der Waals surface area contributed by atoms with Crippen LogP contribution in [0.5, 0.6) is 0 Å². The number of nitrogens with one attached hydrogen (secondary N) is 2. The molecule has 10 heteroatoms. The number of nitrogens with zero attached hydrogens (tertiary/aromatic N) is 1. The number of sulfone groups is 1. The Bertz CT molecular complexity index is 953. The van der Waals surface area contributed by atoms with Crippen LogP contribution in [0.1, 0.15) is 13.8 Å². The summed E-state index contributed by atoms with van der Waals surface area (Å²) in [5.41, 5.74) is 4.40. The third-order valence-corrected chi connectivity index (χ3v) is 6.29. The highest BCUT2D eigenvalue weighted by Crippen LogP contribution is 2.38. The van der Waals surface area contributed by atoms with Crippen LogP contribution < -0.4 is 10.1 Å². The van der Waals surface area contributed by atoms with Crippen LogP contribution in [0.15, 0.2) is 63.3 Å². The topological polar surface area (TPSA) is 87.7 Å². The number of esters is 1.